The molecule has 0 aliphatic heterocycles. The second-order valence-corrected chi connectivity index (χ2v) is 4.82. The molecule has 3 aromatic rings. The Morgan fingerprint density at radius 1 is 1.15 bits per heavy atom. The number of rotatable bonds is 4. The van der Waals surface area contributed by atoms with Gasteiger partial charge in [-0.05, 0) is 48.2 Å². The number of allylic oxidation sites excluding steroid dienone is 1. The highest BCUT2D eigenvalue weighted by molar-refractivity contribution is 5.76. The summed E-state index contributed by atoms with van der Waals surface area (Å²) in [6, 6.07) is 14.2. The van der Waals surface area contributed by atoms with E-state index in [-0.39, 0.29) is 0 Å². The summed E-state index contributed by atoms with van der Waals surface area (Å²) in [4.78, 5) is 4.55. The van der Waals surface area contributed by atoms with Crippen LogP contribution in [-0.4, -0.2) is 4.98 Å². The number of aryl methyl sites for hydroxylation is 1. The quantitative estimate of drug-likeness (QED) is 0.633. The van der Waals surface area contributed by atoms with E-state index in [1.165, 1.54) is 11.1 Å². The van der Waals surface area contributed by atoms with Gasteiger partial charge in [0.25, 0.3) is 0 Å². The largest absolute Gasteiger partial charge is 0.436 e. The van der Waals surface area contributed by atoms with Crippen LogP contribution in [0.4, 0.5) is 0 Å². The molecule has 0 bridgehead atoms. The van der Waals surface area contributed by atoms with Crippen molar-refractivity contribution in [3.8, 4) is 11.5 Å². The first-order valence-corrected chi connectivity index (χ1v) is 6.90. The number of hydrogen-bond donors (Lipinski definition) is 0. The lowest BCUT2D eigenvalue weighted by atomic mass is 9.99. The summed E-state index contributed by atoms with van der Waals surface area (Å²) in [7, 11) is 0. The number of fused-ring (bicyclic) bond motifs is 1. The molecule has 0 radical (unpaired) electrons. The molecule has 2 heteroatoms. The fourth-order valence-corrected chi connectivity index (χ4v) is 2.44. The molecule has 0 fully saturated rings. The van der Waals surface area contributed by atoms with Crippen molar-refractivity contribution in [3.63, 3.8) is 0 Å². The zero-order valence-corrected chi connectivity index (χ0v) is 11.6. The fraction of sp³-hybridized carbons (Fsp3) is 0.167. The number of aromatic nitrogens is 1. The minimum absolute atomic E-state index is 0.686. The molecular formula is C18H17NO. The molecule has 100 valence electrons. The van der Waals surface area contributed by atoms with E-state index in [1.807, 2.05) is 30.3 Å². The van der Waals surface area contributed by atoms with E-state index in [2.05, 4.69) is 36.7 Å². The van der Waals surface area contributed by atoms with E-state index in [4.69, 9.17) is 4.42 Å². The molecule has 0 atom stereocenters. The average molecular weight is 263 g/mol. The van der Waals surface area contributed by atoms with Crippen LogP contribution in [0.2, 0.25) is 0 Å². The number of hydrogen-bond acceptors (Lipinski definition) is 2. The molecule has 3 rings (SSSR count). The van der Waals surface area contributed by atoms with Gasteiger partial charge in [0.15, 0.2) is 5.58 Å². The lowest BCUT2D eigenvalue weighted by Gasteiger charge is -2.07. The minimum atomic E-state index is 0.686. The molecule has 0 aliphatic rings. The summed E-state index contributed by atoms with van der Waals surface area (Å²) >= 11 is 0. The van der Waals surface area contributed by atoms with Gasteiger partial charge in [0, 0.05) is 5.56 Å². The molecule has 0 amide bonds. The third kappa shape index (κ3) is 2.25. The Morgan fingerprint density at radius 2 is 2.00 bits per heavy atom. The van der Waals surface area contributed by atoms with Gasteiger partial charge >= 0.3 is 0 Å². The van der Waals surface area contributed by atoms with Crippen LogP contribution in [0.5, 0.6) is 0 Å². The Kier molecular flexibility index (Phi) is 3.38. The SMILES string of the molecule is C=CCc1ccc(-c2nc3ccccc3o2)cc1CC. The van der Waals surface area contributed by atoms with Gasteiger partial charge in [-0.15, -0.1) is 6.58 Å². The van der Waals surface area contributed by atoms with Gasteiger partial charge < -0.3 is 4.42 Å². The van der Waals surface area contributed by atoms with Crippen molar-refractivity contribution >= 4 is 11.1 Å². The van der Waals surface area contributed by atoms with E-state index in [9.17, 15) is 0 Å². The van der Waals surface area contributed by atoms with Crippen LogP contribution in [0.3, 0.4) is 0 Å². The molecule has 2 nitrogen and oxygen atoms in total. The summed E-state index contributed by atoms with van der Waals surface area (Å²) in [5.41, 5.74) is 5.41. The topological polar surface area (TPSA) is 26.0 Å². The Bertz CT molecular complexity index is 722. The maximum atomic E-state index is 5.82. The zero-order valence-electron chi connectivity index (χ0n) is 11.6. The van der Waals surface area contributed by atoms with Crippen LogP contribution in [0, 0.1) is 0 Å². The lowest BCUT2D eigenvalue weighted by molar-refractivity contribution is 0.619. The number of nitrogens with zero attached hydrogens (tertiary/aromatic N) is 1. The molecule has 2 aromatic carbocycles. The fourth-order valence-electron chi connectivity index (χ4n) is 2.44. The average Bonchev–Trinajstić information content (AvgIpc) is 2.92. The second-order valence-electron chi connectivity index (χ2n) is 4.82. The smallest absolute Gasteiger partial charge is 0.227 e. The van der Waals surface area contributed by atoms with Crippen molar-refractivity contribution in [2.75, 3.05) is 0 Å². The van der Waals surface area contributed by atoms with Crippen molar-refractivity contribution in [1.82, 2.24) is 4.98 Å². The molecule has 0 saturated heterocycles. The number of para-hydroxylation sites is 2. The van der Waals surface area contributed by atoms with E-state index >= 15 is 0 Å². The van der Waals surface area contributed by atoms with Crippen molar-refractivity contribution in [2.24, 2.45) is 0 Å². The van der Waals surface area contributed by atoms with Gasteiger partial charge in [-0.2, -0.15) is 0 Å². The summed E-state index contributed by atoms with van der Waals surface area (Å²) in [6.45, 7) is 5.97. The molecule has 0 spiro atoms. The summed E-state index contributed by atoms with van der Waals surface area (Å²) in [6.07, 6.45) is 3.84. The van der Waals surface area contributed by atoms with Crippen LogP contribution in [0.15, 0.2) is 59.5 Å². The molecule has 20 heavy (non-hydrogen) atoms. The van der Waals surface area contributed by atoms with Crippen LogP contribution in [0.1, 0.15) is 18.1 Å². The first-order chi connectivity index (χ1) is 9.81. The van der Waals surface area contributed by atoms with Gasteiger partial charge in [-0.1, -0.05) is 31.2 Å². The van der Waals surface area contributed by atoms with Crippen LogP contribution in [-0.2, 0) is 12.8 Å². The van der Waals surface area contributed by atoms with Crippen molar-refractivity contribution in [2.45, 2.75) is 19.8 Å². The van der Waals surface area contributed by atoms with Gasteiger partial charge in [0.1, 0.15) is 5.52 Å². The number of benzene rings is 2. The molecule has 1 heterocycles. The highest BCUT2D eigenvalue weighted by Gasteiger charge is 2.09. The standard InChI is InChI=1S/C18H17NO/c1-3-7-14-10-11-15(12-13(14)4-2)18-19-16-8-5-6-9-17(16)20-18/h3,5-6,8-12H,1,4,7H2,2H3. The Morgan fingerprint density at radius 3 is 2.75 bits per heavy atom. The molecule has 1 aromatic heterocycles. The molecule has 0 aliphatic carbocycles. The predicted octanol–water partition coefficient (Wildman–Crippen LogP) is 4.79. The van der Waals surface area contributed by atoms with Crippen LogP contribution in [0.25, 0.3) is 22.6 Å². The maximum Gasteiger partial charge on any atom is 0.227 e. The van der Waals surface area contributed by atoms with E-state index in [1.54, 1.807) is 0 Å². The monoisotopic (exact) mass is 263 g/mol. The van der Waals surface area contributed by atoms with Gasteiger partial charge in [-0.3, -0.25) is 0 Å². The zero-order chi connectivity index (χ0) is 13.9. The third-order valence-electron chi connectivity index (χ3n) is 3.49. The number of oxazole rings is 1. The molecular weight excluding hydrogens is 246 g/mol. The van der Waals surface area contributed by atoms with E-state index < -0.39 is 0 Å². The normalized spacial score (nSPS) is 10.8. The van der Waals surface area contributed by atoms with Crippen LogP contribution < -0.4 is 0 Å². The van der Waals surface area contributed by atoms with Crippen molar-refractivity contribution in [1.29, 1.82) is 0 Å². The first kappa shape index (κ1) is 12.7. The third-order valence-corrected chi connectivity index (χ3v) is 3.49. The molecule has 0 unspecified atom stereocenters. The van der Waals surface area contributed by atoms with Crippen molar-refractivity contribution < 1.29 is 4.42 Å². The van der Waals surface area contributed by atoms with Gasteiger partial charge in [0.2, 0.25) is 5.89 Å². The lowest BCUT2D eigenvalue weighted by Crippen LogP contribution is -1.92. The minimum Gasteiger partial charge on any atom is -0.436 e. The van der Waals surface area contributed by atoms with E-state index in [0.717, 1.165) is 29.5 Å². The predicted molar refractivity (Wildman–Crippen MR) is 82.7 cm³/mol. The van der Waals surface area contributed by atoms with E-state index in [0.29, 0.717) is 5.89 Å². The molecule has 0 N–H and O–H groups in total. The Balaban J connectivity index is 2.07. The first-order valence-electron chi connectivity index (χ1n) is 6.90. The van der Waals surface area contributed by atoms with Crippen molar-refractivity contribution in [3.05, 3.63) is 66.2 Å². The van der Waals surface area contributed by atoms with Crippen LogP contribution >= 0.6 is 0 Å². The Labute approximate surface area is 118 Å². The maximum absolute atomic E-state index is 5.82. The Hall–Kier alpha value is -2.35. The summed E-state index contributed by atoms with van der Waals surface area (Å²) in [5.74, 6) is 0.686. The highest BCUT2D eigenvalue weighted by atomic mass is 16.3. The van der Waals surface area contributed by atoms with Gasteiger partial charge in [0.05, 0.1) is 0 Å². The molecule has 0 saturated carbocycles. The second kappa shape index (κ2) is 5.33. The highest BCUT2D eigenvalue weighted by Crippen LogP contribution is 2.26. The summed E-state index contributed by atoms with van der Waals surface area (Å²) in [5, 5.41) is 0. The van der Waals surface area contributed by atoms with Gasteiger partial charge in [-0.25, -0.2) is 4.98 Å². The summed E-state index contributed by atoms with van der Waals surface area (Å²) < 4.78 is 5.82.